The Hall–Kier alpha value is -2.02. The molecule has 1 heterocycles. The lowest BCUT2D eigenvalue weighted by atomic mass is 9.96. The Kier molecular flexibility index (Phi) is 4.06. The zero-order valence-electron chi connectivity index (χ0n) is 12.6. The largest absolute Gasteiger partial charge is 0.508 e. The van der Waals surface area contributed by atoms with E-state index in [0.717, 1.165) is 5.56 Å². The van der Waals surface area contributed by atoms with Gasteiger partial charge in [0.15, 0.2) is 5.43 Å². The van der Waals surface area contributed by atoms with Crippen LogP contribution in [0.1, 0.15) is 25.3 Å². The van der Waals surface area contributed by atoms with Gasteiger partial charge in [-0.25, -0.2) is 0 Å². The number of hydrogen-bond acceptors (Lipinski definition) is 4. The van der Waals surface area contributed by atoms with Crippen molar-refractivity contribution in [1.82, 2.24) is 0 Å². The summed E-state index contributed by atoms with van der Waals surface area (Å²) in [6.07, 6.45) is 0. The van der Waals surface area contributed by atoms with Crippen molar-refractivity contribution in [3.8, 4) is 22.8 Å². The van der Waals surface area contributed by atoms with Crippen LogP contribution >= 0.6 is 22.6 Å². The van der Waals surface area contributed by atoms with Crippen molar-refractivity contribution in [3.05, 3.63) is 55.8 Å². The van der Waals surface area contributed by atoms with E-state index in [-0.39, 0.29) is 22.8 Å². The molecule has 3 rings (SSSR count). The first-order chi connectivity index (χ1) is 10.9. The second kappa shape index (κ2) is 5.88. The van der Waals surface area contributed by atoms with Crippen LogP contribution in [0.5, 0.6) is 11.5 Å². The van der Waals surface area contributed by atoms with E-state index >= 15 is 0 Å². The molecular formula is C18H15IO4. The fourth-order valence-corrected chi connectivity index (χ4v) is 3.10. The van der Waals surface area contributed by atoms with Crippen molar-refractivity contribution in [2.45, 2.75) is 19.8 Å². The maximum absolute atomic E-state index is 12.8. The molecule has 0 fully saturated rings. The summed E-state index contributed by atoms with van der Waals surface area (Å²) >= 11 is 2.03. The van der Waals surface area contributed by atoms with Gasteiger partial charge in [-0.1, -0.05) is 13.8 Å². The quantitative estimate of drug-likeness (QED) is 0.593. The van der Waals surface area contributed by atoms with E-state index in [1.165, 1.54) is 12.1 Å². The second-order valence-electron chi connectivity index (χ2n) is 5.68. The molecule has 4 nitrogen and oxygen atoms in total. The Morgan fingerprint density at radius 3 is 2.48 bits per heavy atom. The highest BCUT2D eigenvalue weighted by molar-refractivity contribution is 14.1. The number of hydrogen-bond donors (Lipinski definition) is 2. The minimum absolute atomic E-state index is 0.0337. The van der Waals surface area contributed by atoms with E-state index in [1.54, 1.807) is 24.3 Å². The van der Waals surface area contributed by atoms with Crippen molar-refractivity contribution in [3.63, 3.8) is 0 Å². The SMILES string of the molecule is CC(C)c1c(-c2ccc(O)c(I)c2)oc2ccc(O)cc2c1=O. The van der Waals surface area contributed by atoms with Crippen LogP contribution in [0.3, 0.4) is 0 Å². The molecule has 0 unspecified atom stereocenters. The Morgan fingerprint density at radius 2 is 1.83 bits per heavy atom. The molecule has 0 saturated heterocycles. The maximum atomic E-state index is 12.8. The van der Waals surface area contributed by atoms with Gasteiger partial charge in [0.1, 0.15) is 22.8 Å². The highest BCUT2D eigenvalue weighted by atomic mass is 127. The van der Waals surface area contributed by atoms with Crippen LogP contribution in [-0.2, 0) is 0 Å². The summed E-state index contributed by atoms with van der Waals surface area (Å²) in [5, 5.41) is 19.7. The lowest BCUT2D eigenvalue weighted by molar-refractivity contribution is 0.471. The van der Waals surface area contributed by atoms with E-state index in [9.17, 15) is 15.0 Å². The summed E-state index contributed by atoms with van der Waals surface area (Å²) in [6, 6.07) is 9.61. The topological polar surface area (TPSA) is 70.7 Å². The molecule has 0 radical (unpaired) electrons. The molecule has 3 aromatic rings. The molecular weight excluding hydrogens is 407 g/mol. The fraction of sp³-hybridized carbons (Fsp3) is 0.167. The molecule has 118 valence electrons. The van der Waals surface area contributed by atoms with Gasteiger partial charge >= 0.3 is 0 Å². The molecule has 0 aliphatic heterocycles. The van der Waals surface area contributed by atoms with Crippen LogP contribution in [0.15, 0.2) is 45.6 Å². The van der Waals surface area contributed by atoms with Gasteiger partial charge in [-0.2, -0.15) is 0 Å². The summed E-state index contributed by atoms with van der Waals surface area (Å²) in [7, 11) is 0. The smallest absolute Gasteiger partial charge is 0.196 e. The van der Waals surface area contributed by atoms with Gasteiger partial charge in [-0.15, -0.1) is 0 Å². The monoisotopic (exact) mass is 422 g/mol. The van der Waals surface area contributed by atoms with Crippen LogP contribution in [0.25, 0.3) is 22.3 Å². The molecule has 0 spiro atoms. The Labute approximate surface area is 146 Å². The Balaban J connectivity index is 2.39. The Morgan fingerprint density at radius 1 is 1.09 bits per heavy atom. The molecule has 23 heavy (non-hydrogen) atoms. The molecule has 0 saturated carbocycles. The predicted octanol–water partition coefficient (Wildman–Crippen LogP) is 4.60. The molecule has 0 amide bonds. The van der Waals surface area contributed by atoms with Crippen molar-refractivity contribution in [1.29, 1.82) is 0 Å². The lowest BCUT2D eigenvalue weighted by Gasteiger charge is -2.13. The van der Waals surface area contributed by atoms with Crippen molar-refractivity contribution in [2.24, 2.45) is 0 Å². The normalized spacial score (nSPS) is 11.3. The van der Waals surface area contributed by atoms with Gasteiger partial charge in [0.05, 0.1) is 8.96 Å². The molecule has 0 bridgehead atoms. The third-order valence-corrected chi connectivity index (χ3v) is 4.56. The first kappa shape index (κ1) is 15.9. The van der Waals surface area contributed by atoms with E-state index in [0.29, 0.717) is 25.9 Å². The fourth-order valence-electron chi connectivity index (χ4n) is 2.58. The highest BCUT2D eigenvalue weighted by Crippen LogP contribution is 2.33. The van der Waals surface area contributed by atoms with Gasteiger partial charge in [0.25, 0.3) is 0 Å². The van der Waals surface area contributed by atoms with Gasteiger partial charge in [-0.05, 0) is 64.9 Å². The van der Waals surface area contributed by atoms with Crippen molar-refractivity contribution >= 4 is 33.6 Å². The van der Waals surface area contributed by atoms with E-state index in [4.69, 9.17) is 4.42 Å². The summed E-state index contributed by atoms with van der Waals surface area (Å²) in [5.41, 5.74) is 1.58. The number of phenols is 2. The predicted molar refractivity (Wildman–Crippen MR) is 98.1 cm³/mol. The summed E-state index contributed by atoms with van der Waals surface area (Å²) < 4.78 is 6.66. The van der Waals surface area contributed by atoms with E-state index in [2.05, 4.69) is 0 Å². The van der Waals surface area contributed by atoms with E-state index in [1.807, 2.05) is 36.4 Å². The Bertz CT molecular complexity index is 957. The van der Waals surface area contributed by atoms with E-state index < -0.39 is 0 Å². The number of rotatable bonds is 2. The third kappa shape index (κ3) is 2.81. The van der Waals surface area contributed by atoms with Gasteiger partial charge in [0, 0.05) is 11.1 Å². The number of halogens is 1. The standard InChI is InChI=1S/C18H15IO4/c1-9(2)16-17(22)12-8-11(20)4-6-15(12)23-18(16)10-3-5-14(21)13(19)7-10/h3-9,20-21H,1-2H3. The zero-order chi connectivity index (χ0) is 16.7. The zero-order valence-corrected chi connectivity index (χ0v) is 14.8. The first-order valence-corrected chi connectivity index (χ1v) is 8.25. The molecule has 1 aromatic heterocycles. The summed E-state index contributed by atoms with van der Waals surface area (Å²) in [6.45, 7) is 3.85. The van der Waals surface area contributed by atoms with Gasteiger partial charge in [-0.3, -0.25) is 4.79 Å². The summed E-state index contributed by atoms with van der Waals surface area (Å²) in [5.74, 6) is 0.681. The molecule has 0 aliphatic carbocycles. The van der Waals surface area contributed by atoms with Crippen LogP contribution in [0.4, 0.5) is 0 Å². The average Bonchev–Trinajstić information content (AvgIpc) is 2.50. The van der Waals surface area contributed by atoms with Crippen LogP contribution < -0.4 is 5.43 Å². The minimum Gasteiger partial charge on any atom is -0.508 e. The van der Waals surface area contributed by atoms with Gasteiger partial charge < -0.3 is 14.6 Å². The van der Waals surface area contributed by atoms with Crippen LogP contribution in [0, 0.1) is 3.57 Å². The minimum atomic E-state index is -0.143. The number of aromatic hydroxyl groups is 2. The van der Waals surface area contributed by atoms with Crippen molar-refractivity contribution < 1.29 is 14.6 Å². The number of phenolic OH excluding ortho intramolecular Hbond substituents is 2. The maximum Gasteiger partial charge on any atom is 0.196 e. The first-order valence-electron chi connectivity index (χ1n) is 7.17. The third-order valence-electron chi connectivity index (χ3n) is 3.70. The molecule has 0 atom stereocenters. The second-order valence-corrected chi connectivity index (χ2v) is 6.84. The average molecular weight is 422 g/mol. The molecule has 0 aliphatic rings. The highest BCUT2D eigenvalue weighted by Gasteiger charge is 2.19. The van der Waals surface area contributed by atoms with Crippen LogP contribution in [0.2, 0.25) is 0 Å². The van der Waals surface area contributed by atoms with Gasteiger partial charge in [0.2, 0.25) is 0 Å². The molecule has 2 N–H and O–H groups in total. The number of benzene rings is 2. The van der Waals surface area contributed by atoms with Crippen LogP contribution in [-0.4, -0.2) is 10.2 Å². The lowest BCUT2D eigenvalue weighted by Crippen LogP contribution is -2.12. The summed E-state index contributed by atoms with van der Waals surface area (Å²) in [4.78, 5) is 12.8. The molecule has 2 aromatic carbocycles. The molecule has 5 heteroatoms. The van der Waals surface area contributed by atoms with Crippen molar-refractivity contribution in [2.75, 3.05) is 0 Å². The number of fused-ring (bicyclic) bond motifs is 1.